The van der Waals surface area contributed by atoms with Crippen LogP contribution in [0.3, 0.4) is 0 Å². The number of anilines is 1. The van der Waals surface area contributed by atoms with Crippen LogP contribution in [0.4, 0.5) is 5.69 Å². The minimum Gasteiger partial charge on any atom is -0.496 e. The normalized spacial score (nSPS) is 14.9. The third-order valence-electron chi connectivity index (χ3n) is 5.42. The molecule has 0 saturated carbocycles. The SMILES string of the molecule is COc1cc(OC)c(OC)cc1CNC(=O)COC(=O)c1ccc2c(c1)CC(C)N2S(C)(=O)=O. The summed E-state index contributed by atoms with van der Waals surface area (Å²) in [5.74, 6) is 0.312. The number of methoxy groups -OCH3 is 3. The lowest BCUT2D eigenvalue weighted by Crippen LogP contribution is -2.34. The first-order chi connectivity index (χ1) is 16.1. The Morgan fingerprint density at radius 3 is 2.29 bits per heavy atom. The third-order valence-corrected chi connectivity index (χ3v) is 6.69. The Morgan fingerprint density at radius 1 is 1.03 bits per heavy atom. The van der Waals surface area contributed by atoms with E-state index in [1.54, 1.807) is 31.2 Å². The topological polar surface area (TPSA) is 120 Å². The van der Waals surface area contributed by atoms with Crippen molar-refractivity contribution in [3.8, 4) is 17.2 Å². The summed E-state index contributed by atoms with van der Waals surface area (Å²) in [5, 5.41) is 2.67. The number of amides is 1. The van der Waals surface area contributed by atoms with Gasteiger partial charge in [-0.3, -0.25) is 9.10 Å². The molecule has 2 aromatic rings. The number of ether oxygens (including phenoxy) is 4. The van der Waals surface area contributed by atoms with Gasteiger partial charge in [-0.15, -0.1) is 0 Å². The van der Waals surface area contributed by atoms with E-state index >= 15 is 0 Å². The second-order valence-electron chi connectivity index (χ2n) is 7.83. The molecule has 3 rings (SSSR count). The zero-order valence-electron chi connectivity index (χ0n) is 19.7. The number of benzene rings is 2. The van der Waals surface area contributed by atoms with Crippen LogP contribution in [0.1, 0.15) is 28.4 Å². The fourth-order valence-corrected chi connectivity index (χ4v) is 5.19. The van der Waals surface area contributed by atoms with Gasteiger partial charge < -0.3 is 24.3 Å². The smallest absolute Gasteiger partial charge is 0.338 e. The number of esters is 1. The minimum atomic E-state index is -3.42. The monoisotopic (exact) mass is 492 g/mol. The lowest BCUT2D eigenvalue weighted by Gasteiger charge is -2.21. The van der Waals surface area contributed by atoms with Gasteiger partial charge in [0.25, 0.3) is 5.91 Å². The highest BCUT2D eigenvalue weighted by molar-refractivity contribution is 7.92. The van der Waals surface area contributed by atoms with Crippen LogP contribution in [-0.2, 0) is 32.5 Å². The molecule has 1 N–H and O–H groups in total. The Kier molecular flexibility index (Phi) is 7.55. The maximum atomic E-state index is 12.5. The van der Waals surface area contributed by atoms with E-state index in [2.05, 4.69) is 5.32 Å². The third kappa shape index (κ3) is 5.36. The van der Waals surface area contributed by atoms with Crippen LogP contribution in [0.5, 0.6) is 17.2 Å². The average molecular weight is 493 g/mol. The average Bonchev–Trinajstić information content (AvgIpc) is 3.15. The molecule has 0 saturated heterocycles. The molecule has 1 heterocycles. The van der Waals surface area contributed by atoms with E-state index in [1.807, 2.05) is 0 Å². The zero-order valence-corrected chi connectivity index (χ0v) is 20.5. The van der Waals surface area contributed by atoms with Gasteiger partial charge in [-0.1, -0.05) is 0 Å². The Hall–Kier alpha value is -3.47. The van der Waals surface area contributed by atoms with Gasteiger partial charge in [0.05, 0.1) is 38.8 Å². The van der Waals surface area contributed by atoms with E-state index < -0.39 is 28.5 Å². The van der Waals surface area contributed by atoms with E-state index in [0.717, 1.165) is 11.8 Å². The van der Waals surface area contributed by atoms with Crippen molar-refractivity contribution in [3.05, 3.63) is 47.0 Å². The molecule has 1 unspecified atom stereocenters. The Balaban J connectivity index is 1.60. The number of rotatable bonds is 9. The predicted molar refractivity (Wildman–Crippen MR) is 125 cm³/mol. The van der Waals surface area contributed by atoms with Crippen molar-refractivity contribution < 1.29 is 37.0 Å². The number of sulfonamides is 1. The molecule has 0 aromatic heterocycles. The molecular formula is C23H28N2O8S. The molecule has 1 aliphatic heterocycles. The van der Waals surface area contributed by atoms with Crippen molar-refractivity contribution in [1.82, 2.24) is 5.32 Å². The van der Waals surface area contributed by atoms with Crippen molar-refractivity contribution >= 4 is 27.6 Å². The molecule has 0 bridgehead atoms. The summed E-state index contributed by atoms with van der Waals surface area (Å²) in [6, 6.07) is 7.78. The van der Waals surface area contributed by atoms with Crippen molar-refractivity contribution in [3.63, 3.8) is 0 Å². The number of carbonyl (C=O) groups is 2. The second kappa shape index (κ2) is 10.2. The lowest BCUT2D eigenvalue weighted by molar-refractivity contribution is -0.124. The summed E-state index contributed by atoms with van der Waals surface area (Å²) in [6.45, 7) is 1.45. The molecule has 1 aliphatic rings. The first kappa shape index (κ1) is 25.2. The molecule has 2 aromatic carbocycles. The summed E-state index contributed by atoms with van der Waals surface area (Å²) in [5.41, 5.74) is 2.18. The summed E-state index contributed by atoms with van der Waals surface area (Å²) in [7, 11) is 1.09. The fraction of sp³-hybridized carbons (Fsp3) is 0.391. The molecule has 34 heavy (non-hydrogen) atoms. The number of hydrogen-bond acceptors (Lipinski definition) is 8. The molecule has 1 atom stereocenters. The van der Waals surface area contributed by atoms with Gasteiger partial charge in [-0.25, -0.2) is 13.2 Å². The molecule has 0 radical (unpaired) electrons. The summed E-state index contributed by atoms with van der Waals surface area (Å²) >= 11 is 0. The van der Waals surface area contributed by atoms with E-state index in [-0.39, 0.29) is 18.2 Å². The Bertz CT molecular complexity index is 1200. The first-order valence-corrected chi connectivity index (χ1v) is 12.3. The van der Waals surface area contributed by atoms with Gasteiger partial charge in [-0.05, 0) is 43.2 Å². The molecule has 0 fully saturated rings. The van der Waals surface area contributed by atoms with Crippen molar-refractivity contribution in [2.24, 2.45) is 0 Å². The molecule has 0 spiro atoms. The predicted octanol–water partition coefficient (Wildman–Crippen LogP) is 1.90. The lowest BCUT2D eigenvalue weighted by atomic mass is 10.1. The maximum absolute atomic E-state index is 12.5. The van der Waals surface area contributed by atoms with Crippen molar-refractivity contribution in [2.75, 3.05) is 38.5 Å². The molecule has 11 heteroatoms. The highest BCUT2D eigenvalue weighted by Crippen LogP contribution is 2.35. The Labute approximate surface area is 198 Å². The van der Waals surface area contributed by atoms with Gasteiger partial charge >= 0.3 is 5.97 Å². The van der Waals surface area contributed by atoms with E-state index in [1.165, 1.54) is 31.7 Å². The molecule has 184 valence electrons. The second-order valence-corrected chi connectivity index (χ2v) is 9.69. The number of hydrogen-bond donors (Lipinski definition) is 1. The molecule has 0 aliphatic carbocycles. The van der Waals surface area contributed by atoms with Crippen LogP contribution < -0.4 is 23.8 Å². The Morgan fingerprint density at radius 2 is 1.68 bits per heavy atom. The summed E-state index contributed by atoms with van der Waals surface area (Å²) < 4.78 is 46.4. The standard InChI is InChI=1S/C23H28N2O8S/c1-14-8-16-9-15(6-7-18(16)25(14)34(5,28)29)23(27)33-13-22(26)24-12-17-10-20(31-3)21(32-4)11-19(17)30-2/h6-7,9-11,14H,8,12-13H2,1-5H3,(H,24,26). The fourth-order valence-electron chi connectivity index (χ4n) is 3.92. The van der Waals surface area contributed by atoms with E-state index in [9.17, 15) is 18.0 Å². The highest BCUT2D eigenvalue weighted by atomic mass is 32.2. The minimum absolute atomic E-state index is 0.123. The molecule has 1 amide bonds. The van der Waals surface area contributed by atoms with Crippen LogP contribution in [0.25, 0.3) is 0 Å². The first-order valence-electron chi connectivity index (χ1n) is 10.4. The van der Waals surface area contributed by atoms with Crippen LogP contribution >= 0.6 is 0 Å². The van der Waals surface area contributed by atoms with Crippen LogP contribution in [-0.4, -0.2) is 60.5 Å². The maximum Gasteiger partial charge on any atom is 0.338 e. The van der Waals surface area contributed by atoms with Crippen LogP contribution in [0.2, 0.25) is 0 Å². The number of nitrogens with zero attached hydrogens (tertiary/aromatic N) is 1. The van der Waals surface area contributed by atoms with Crippen LogP contribution in [0.15, 0.2) is 30.3 Å². The van der Waals surface area contributed by atoms with E-state index in [4.69, 9.17) is 18.9 Å². The van der Waals surface area contributed by atoms with Crippen LogP contribution in [0, 0.1) is 0 Å². The van der Waals surface area contributed by atoms with Gasteiger partial charge in [0.2, 0.25) is 10.0 Å². The van der Waals surface area contributed by atoms with Crippen molar-refractivity contribution in [1.29, 1.82) is 0 Å². The molecular weight excluding hydrogens is 464 g/mol. The zero-order chi connectivity index (χ0) is 25.0. The highest BCUT2D eigenvalue weighted by Gasteiger charge is 2.33. The molecule has 10 nitrogen and oxygen atoms in total. The summed E-state index contributed by atoms with van der Waals surface area (Å²) in [4.78, 5) is 24.7. The largest absolute Gasteiger partial charge is 0.496 e. The number of carbonyl (C=O) groups excluding carboxylic acids is 2. The van der Waals surface area contributed by atoms with Gasteiger partial charge in [0.1, 0.15) is 5.75 Å². The number of fused-ring (bicyclic) bond motifs is 1. The van der Waals surface area contributed by atoms with E-state index in [0.29, 0.717) is 34.9 Å². The summed E-state index contributed by atoms with van der Waals surface area (Å²) in [6.07, 6.45) is 1.63. The van der Waals surface area contributed by atoms with Gasteiger partial charge in [0, 0.05) is 24.2 Å². The quantitative estimate of drug-likeness (QED) is 0.527. The number of nitrogens with one attached hydrogen (secondary N) is 1. The van der Waals surface area contributed by atoms with Gasteiger partial charge in [-0.2, -0.15) is 0 Å². The van der Waals surface area contributed by atoms with Gasteiger partial charge in [0.15, 0.2) is 18.1 Å². The van der Waals surface area contributed by atoms with Crippen molar-refractivity contribution in [2.45, 2.75) is 25.9 Å².